The Morgan fingerprint density at radius 3 is 2.50 bits per heavy atom. The van der Waals surface area contributed by atoms with Crippen molar-refractivity contribution in [2.24, 2.45) is 0 Å². The maximum absolute atomic E-state index is 11.0. The average Bonchev–Trinajstić information content (AvgIpc) is 2.46. The molecular weight excluding hydrogens is 350 g/mol. The van der Waals surface area contributed by atoms with Crippen molar-refractivity contribution in [3.63, 3.8) is 0 Å². The maximum atomic E-state index is 11.0. The number of rotatable bonds is 9. The van der Waals surface area contributed by atoms with Gasteiger partial charge in [0.2, 0.25) is 0 Å². The number of halogens is 1. The smallest absolute Gasteiger partial charge is 0.292 e. The highest BCUT2D eigenvalue weighted by Crippen LogP contribution is 2.40. The lowest BCUT2D eigenvalue weighted by atomic mass is 10.1. The van der Waals surface area contributed by atoms with Gasteiger partial charge in [0.25, 0.3) is 5.69 Å². The van der Waals surface area contributed by atoms with Crippen LogP contribution in [-0.4, -0.2) is 30.9 Å². The fourth-order valence-electron chi connectivity index (χ4n) is 2.07. The Kier molecular flexibility index (Phi) is 6.94. The van der Waals surface area contributed by atoms with Crippen molar-refractivity contribution in [1.29, 1.82) is 0 Å². The lowest BCUT2D eigenvalue weighted by Gasteiger charge is -2.35. The van der Waals surface area contributed by atoms with Crippen LogP contribution in [-0.2, 0) is 0 Å². The van der Waals surface area contributed by atoms with E-state index in [0.29, 0.717) is 12.9 Å². The highest BCUT2D eigenvalue weighted by atomic mass is 35.5. The number of carbonyl (C=O) groups excluding carboxylic acids is 1. The van der Waals surface area contributed by atoms with Crippen molar-refractivity contribution in [3.8, 4) is 5.75 Å². The molecule has 134 valence electrons. The Balaban J connectivity index is 2.64. The summed E-state index contributed by atoms with van der Waals surface area (Å²) < 4.78 is 5.52. The van der Waals surface area contributed by atoms with Gasteiger partial charge in [-0.3, -0.25) is 14.9 Å². The Morgan fingerprint density at radius 2 is 2.00 bits per heavy atom. The SMILES string of the molecule is CC(C)(CCCCOc1cc(C=O)cc([N+](=O)[O-])c1Cl)[Si](C)(C)O. The fraction of sp³-hybridized carbons (Fsp3) is 0.562. The van der Waals surface area contributed by atoms with Gasteiger partial charge in [-0.1, -0.05) is 25.4 Å². The first-order valence-electron chi connectivity index (χ1n) is 7.78. The van der Waals surface area contributed by atoms with Gasteiger partial charge in [-0.15, -0.1) is 0 Å². The van der Waals surface area contributed by atoms with Crippen LogP contribution in [0.5, 0.6) is 5.75 Å². The molecule has 8 heteroatoms. The molecule has 0 aliphatic heterocycles. The summed E-state index contributed by atoms with van der Waals surface area (Å²) in [6, 6.07) is 2.52. The number of nitro groups is 1. The van der Waals surface area contributed by atoms with E-state index in [9.17, 15) is 19.7 Å². The predicted molar refractivity (Wildman–Crippen MR) is 96.6 cm³/mol. The molecule has 24 heavy (non-hydrogen) atoms. The van der Waals surface area contributed by atoms with E-state index >= 15 is 0 Å². The number of hydrogen-bond donors (Lipinski definition) is 1. The summed E-state index contributed by atoms with van der Waals surface area (Å²) in [5.74, 6) is 0.143. The van der Waals surface area contributed by atoms with E-state index in [0.717, 1.165) is 25.3 Å². The highest BCUT2D eigenvalue weighted by Gasteiger charge is 2.37. The number of carbonyl (C=O) groups is 1. The number of unbranched alkanes of at least 4 members (excludes halogenated alkanes) is 1. The van der Waals surface area contributed by atoms with E-state index in [1.165, 1.54) is 6.07 Å². The topological polar surface area (TPSA) is 89.7 Å². The molecule has 1 aromatic rings. The van der Waals surface area contributed by atoms with E-state index < -0.39 is 13.2 Å². The third-order valence-corrected chi connectivity index (χ3v) is 8.43. The van der Waals surface area contributed by atoms with Crippen LogP contribution < -0.4 is 4.74 Å². The molecular formula is C16H24ClNO5Si. The summed E-state index contributed by atoms with van der Waals surface area (Å²) >= 11 is 5.97. The number of hydrogen-bond acceptors (Lipinski definition) is 5. The quantitative estimate of drug-likeness (QED) is 0.225. The molecule has 0 bridgehead atoms. The lowest BCUT2D eigenvalue weighted by molar-refractivity contribution is -0.384. The minimum absolute atomic E-state index is 0.0964. The molecule has 0 atom stereocenters. The van der Waals surface area contributed by atoms with Gasteiger partial charge in [0.05, 0.1) is 11.5 Å². The second kappa shape index (κ2) is 8.09. The van der Waals surface area contributed by atoms with Gasteiger partial charge < -0.3 is 9.53 Å². The summed E-state index contributed by atoms with van der Waals surface area (Å²) in [7, 11) is -2.23. The molecule has 0 aromatic heterocycles. The highest BCUT2D eigenvalue weighted by molar-refractivity contribution is 6.72. The minimum Gasteiger partial charge on any atom is -0.492 e. The summed E-state index contributed by atoms with van der Waals surface area (Å²) in [5, 5.41) is 10.8. The Morgan fingerprint density at radius 1 is 1.38 bits per heavy atom. The average molecular weight is 374 g/mol. The van der Waals surface area contributed by atoms with Gasteiger partial charge in [0.1, 0.15) is 12.0 Å². The summed E-state index contributed by atoms with van der Waals surface area (Å²) in [5.41, 5.74) is -0.194. The molecule has 6 nitrogen and oxygen atoms in total. The Hall–Kier alpha value is -1.44. The number of aldehydes is 1. The molecule has 1 rings (SSSR count). The van der Waals surface area contributed by atoms with Crippen molar-refractivity contribution in [2.75, 3.05) is 6.61 Å². The van der Waals surface area contributed by atoms with Crippen LogP contribution in [0.1, 0.15) is 43.5 Å². The van der Waals surface area contributed by atoms with Crippen LogP contribution in [0.2, 0.25) is 23.2 Å². The van der Waals surface area contributed by atoms with Crippen molar-refractivity contribution < 1.29 is 19.3 Å². The molecule has 0 heterocycles. The first-order chi connectivity index (χ1) is 11.0. The van der Waals surface area contributed by atoms with Crippen LogP contribution in [0, 0.1) is 10.1 Å². The molecule has 0 fully saturated rings. The molecule has 0 unspecified atom stereocenters. The molecule has 1 N–H and O–H groups in total. The molecule has 0 radical (unpaired) electrons. The third kappa shape index (κ3) is 5.29. The molecule has 0 saturated heterocycles. The summed E-state index contributed by atoms with van der Waals surface area (Å²) in [6.45, 7) is 8.31. The Bertz CT molecular complexity index is 613. The Labute approximate surface area is 148 Å². The van der Waals surface area contributed by atoms with E-state index in [1.807, 2.05) is 13.1 Å². The number of nitrogens with zero attached hydrogens (tertiary/aromatic N) is 1. The monoisotopic (exact) mass is 373 g/mol. The van der Waals surface area contributed by atoms with Crippen LogP contribution in [0.4, 0.5) is 5.69 Å². The van der Waals surface area contributed by atoms with E-state index in [-0.39, 0.29) is 27.1 Å². The first kappa shape index (κ1) is 20.6. The normalized spacial score (nSPS) is 12.1. The van der Waals surface area contributed by atoms with E-state index in [4.69, 9.17) is 16.3 Å². The second-order valence-corrected chi connectivity index (χ2v) is 11.8. The van der Waals surface area contributed by atoms with Crippen LogP contribution in [0.3, 0.4) is 0 Å². The van der Waals surface area contributed by atoms with Gasteiger partial charge in [-0.25, -0.2) is 0 Å². The largest absolute Gasteiger partial charge is 0.492 e. The van der Waals surface area contributed by atoms with E-state index in [1.54, 1.807) is 0 Å². The van der Waals surface area contributed by atoms with Crippen molar-refractivity contribution in [2.45, 2.75) is 51.2 Å². The third-order valence-electron chi connectivity index (χ3n) is 4.49. The lowest BCUT2D eigenvalue weighted by Crippen LogP contribution is -2.38. The van der Waals surface area contributed by atoms with Gasteiger partial charge in [-0.2, -0.15) is 0 Å². The van der Waals surface area contributed by atoms with Gasteiger partial charge >= 0.3 is 0 Å². The van der Waals surface area contributed by atoms with Crippen LogP contribution in [0.15, 0.2) is 12.1 Å². The number of ether oxygens (including phenoxy) is 1. The van der Waals surface area contributed by atoms with Gasteiger partial charge in [0.15, 0.2) is 13.3 Å². The van der Waals surface area contributed by atoms with Gasteiger partial charge in [-0.05, 0) is 43.5 Å². The van der Waals surface area contributed by atoms with Gasteiger partial charge in [0, 0.05) is 11.6 Å². The van der Waals surface area contributed by atoms with Crippen LogP contribution >= 0.6 is 11.6 Å². The second-order valence-electron chi connectivity index (χ2n) is 6.98. The standard InChI is InChI=1S/C16H24ClNO5Si/c1-16(2,24(3,4)22)7-5-6-8-23-14-10-12(11-19)9-13(15(14)17)18(20)21/h9-11,22H,5-8H2,1-4H3. The van der Waals surface area contributed by atoms with Crippen molar-refractivity contribution in [3.05, 3.63) is 32.8 Å². The first-order valence-corrected chi connectivity index (χ1v) is 11.1. The molecule has 0 aliphatic rings. The molecule has 1 aromatic carbocycles. The summed E-state index contributed by atoms with van der Waals surface area (Å²) in [6.07, 6.45) is 2.97. The van der Waals surface area contributed by atoms with Crippen LogP contribution in [0.25, 0.3) is 0 Å². The number of benzene rings is 1. The molecule has 0 saturated carbocycles. The zero-order chi connectivity index (χ0) is 18.5. The zero-order valence-electron chi connectivity index (χ0n) is 14.5. The number of nitro benzene ring substituents is 1. The van der Waals surface area contributed by atoms with Crippen molar-refractivity contribution in [1.82, 2.24) is 0 Å². The molecule has 0 amide bonds. The zero-order valence-corrected chi connectivity index (χ0v) is 16.2. The minimum atomic E-state index is -2.23. The fourth-order valence-corrected chi connectivity index (χ4v) is 3.09. The van der Waals surface area contributed by atoms with Crippen molar-refractivity contribution >= 4 is 31.9 Å². The molecule has 0 aliphatic carbocycles. The van der Waals surface area contributed by atoms with E-state index in [2.05, 4.69) is 13.8 Å². The molecule has 0 spiro atoms. The summed E-state index contributed by atoms with van der Waals surface area (Å²) in [4.78, 5) is 31.4. The maximum Gasteiger partial charge on any atom is 0.292 e. The predicted octanol–water partition coefficient (Wildman–Crippen LogP) is 4.59.